The summed E-state index contributed by atoms with van der Waals surface area (Å²) in [7, 11) is 0. The SMILES string of the molecule is C=C(OCCSCCOCCSCCOC1=CC=CC(C)C1C1=Cc2ccccc2CCC1)c1ccccc1. The molecule has 2 aromatic carbocycles. The van der Waals surface area contributed by atoms with Gasteiger partial charge >= 0.3 is 0 Å². The zero-order valence-electron chi connectivity index (χ0n) is 23.2. The van der Waals surface area contributed by atoms with E-state index in [0.717, 1.165) is 72.8 Å². The number of allylic oxidation sites excluding steroid dienone is 4. The molecule has 5 heteroatoms. The minimum Gasteiger partial charge on any atom is -0.496 e. The summed E-state index contributed by atoms with van der Waals surface area (Å²) in [4.78, 5) is 0. The maximum absolute atomic E-state index is 6.36. The van der Waals surface area contributed by atoms with Crippen LogP contribution in [0.15, 0.2) is 90.7 Å². The van der Waals surface area contributed by atoms with E-state index in [9.17, 15) is 0 Å². The lowest BCUT2D eigenvalue weighted by Gasteiger charge is -2.29. The Hall–Kier alpha value is -2.34. The highest BCUT2D eigenvalue weighted by atomic mass is 32.2. The lowest BCUT2D eigenvalue weighted by molar-refractivity contribution is 0.167. The summed E-state index contributed by atoms with van der Waals surface area (Å²) in [5, 5.41) is 0. The van der Waals surface area contributed by atoms with Crippen molar-refractivity contribution >= 4 is 35.4 Å². The van der Waals surface area contributed by atoms with Crippen molar-refractivity contribution in [2.45, 2.75) is 26.2 Å². The van der Waals surface area contributed by atoms with E-state index in [2.05, 4.69) is 62.1 Å². The molecule has 208 valence electrons. The molecule has 0 spiro atoms. The number of hydrogen-bond acceptors (Lipinski definition) is 5. The van der Waals surface area contributed by atoms with Crippen LogP contribution in [0.3, 0.4) is 0 Å². The number of ether oxygens (including phenoxy) is 3. The Bertz CT molecular complexity index is 1120. The van der Waals surface area contributed by atoms with Crippen LogP contribution in [-0.4, -0.2) is 49.4 Å². The quantitative estimate of drug-likeness (QED) is 0.152. The number of hydrogen-bond donors (Lipinski definition) is 0. The van der Waals surface area contributed by atoms with Crippen molar-refractivity contribution in [3.63, 3.8) is 0 Å². The first-order valence-electron chi connectivity index (χ1n) is 14.1. The molecule has 0 saturated carbocycles. The van der Waals surface area contributed by atoms with Crippen LogP contribution in [-0.2, 0) is 20.6 Å². The first-order chi connectivity index (χ1) is 19.2. The molecule has 2 atom stereocenters. The van der Waals surface area contributed by atoms with Crippen LogP contribution in [0.4, 0.5) is 0 Å². The van der Waals surface area contributed by atoms with E-state index in [-0.39, 0.29) is 0 Å². The molecule has 4 rings (SSSR count). The van der Waals surface area contributed by atoms with Gasteiger partial charge in [-0.1, -0.05) is 91.9 Å². The maximum Gasteiger partial charge on any atom is 0.119 e. The van der Waals surface area contributed by atoms with Crippen LogP contribution in [0.5, 0.6) is 0 Å². The first-order valence-corrected chi connectivity index (χ1v) is 16.4. The molecular weight excluding hydrogens is 521 g/mol. The molecule has 2 unspecified atom stereocenters. The molecule has 2 aliphatic rings. The largest absolute Gasteiger partial charge is 0.496 e. The Morgan fingerprint density at radius 1 is 0.872 bits per heavy atom. The molecular formula is C34H42O3S2. The van der Waals surface area contributed by atoms with E-state index in [1.807, 2.05) is 53.9 Å². The van der Waals surface area contributed by atoms with E-state index >= 15 is 0 Å². The van der Waals surface area contributed by atoms with Crippen molar-refractivity contribution in [3.8, 4) is 0 Å². The second kappa shape index (κ2) is 16.7. The number of rotatable bonds is 16. The van der Waals surface area contributed by atoms with Gasteiger partial charge in [-0.05, 0) is 42.4 Å². The fraction of sp³-hybridized carbons (Fsp3) is 0.412. The lowest BCUT2D eigenvalue weighted by Crippen LogP contribution is -2.20. The Labute approximate surface area is 243 Å². The van der Waals surface area contributed by atoms with E-state index in [1.54, 1.807) is 0 Å². The molecule has 2 aromatic rings. The fourth-order valence-electron chi connectivity index (χ4n) is 5.05. The van der Waals surface area contributed by atoms with Gasteiger partial charge in [0.2, 0.25) is 0 Å². The molecule has 3 nitrogen and oxygen atoms in total. The zero-order chi connectivity index (χ0) is 27.1. The summed E-state index contributed by atoms with van der Waals surface area (Å²) in [6, 6.07) is 18.9. The van der Waals surface area contributed by atoms with Crippen LogP contribution in [0.1, 0.15) is 36.5 Å². The average Bonchev–Trinajstić information content (AvgIpc) is 3.18. The molecule has 0 saturated heterocycles. The van der Waals surface area contributed by atoms with Gasteiger partial charge in [-0.2, -0.15) is 23.5 Å². The minimum atomic E-state index is 0.341. The number of fused-ring (bicyclic) bond motifs is 1. The van der Waals surface area contributed by atoms with Crippen molar-refractivity contribution in [1.29, 1.82) is 0 Å². The Morgan fingerprint density at radius 2 is 1.59 bits per heavy atom. The van der Waals surface area contributed by atoms with Crippen molar-refractivity contribution in [1.82, 2.24) is 0 Å². The molecule has 0 bridgehead atoms. The normalized spacial score (nSPS) is 18.5. The van der Waals surface area contributed by atoms with Crippen molar-refractivity contribution in [2.24, 2.45) is 11.8 Å². The standard InChI is InChI=1S/C34H42O3S2/c1-27-10-8-17-33(34(27)32-16-9-15-30-13-6-7-14-31(30)26-32)37-21-25-39-23-19-35-18-22-38-24-20-36-28(2)29-11-4-3-5-12-29/h3-8,10-14,17,26-27,34H,2,9,15-16,18-25H2,1H3. The Morgan fingerprint density at radius 3 is 2.41 bits per heavy atom. The zero-order valence-corrected chi connectivity index (χ0v) is 24.8. The molecule has 0 aromatic heterocycles. The number of benzene rings is 2. The number of aryl methyl sites for hydroxylation is 1. The molecule has 2 aliphatic carbocycles. The highest BCUT2D eigenvalue weighted by molar-refractivity contribution is 7.99. The summed E-state index contributed by atoms with van der Waals surface area (Å²) in [5.74, 6) is 6.55. The lowest BCUT2D eigenvalue weighted by atomic mass is 9.80. The van der Waals surface area contributed by atoms with Crippen molar-refractivity contribution in [2.75, 3.05) is 49.4 Å². The maximum atomic E-state index is 6.36. The van der Waals surface area contributed by atoms with E-state index in [1.165, 1.54) is 23.1 Å². The predicted octanol–water partition coefficient (Wildman–Crippen LogP) is 8.30. The summed E-state index contributed by atoms with van der Waals surface area (Å²) in [5.41, 5.74) is 5.39. The summed E-state index contributed by atoms with van der Waals surface area (Å²) in [6.45, 7) is 9.28. The third-order valence-electron chi connectivity index (χ3n) is 7.05. The van der Waals surface area contributed by atoms with Crippen LogP contribution >= 0.6 is 23.5 Å². The van der Waals surface area contributed by atoms with Gasteiger partial charge in [0.1, 0.15) is 11.5 Å². The van der Waals surface area contributed by atoms with Gasteiger partial charge < -0.3 is 14.2 Å². The van der Waals surface area contributed by atoms with E-state index < -0.39 is 0 Å². The van der Waals surface area contributed by atoms with Crippen LogP contribution in [0.2, 0.25) is 0 Å². The molecule has 0 amide bonds. The predicted molar refractivity (Wildman–Crippen MR) is 170 cm³/mol. The highest BCUT2D eigenvalue weighted by Crippen LogP contribution is 2.38. The summed E-state index contributed by atoms with van der Waals surface area (Å²) >= 11 is 3.75. The fourth-order valence-corrected chi connectivity index (χ4v) is 6.33. The first kappa shape index (κ1) is 29.6. The third kappa shape index (κ3) is 9.66. The minimum absolute atomic E-state index is 0.341. The van der Waals surface area contributed by atoms with Gasteiger partial charge in [0.15, 0.2) is 0 Å². The van der Waals surface area contributed by atoms with E-state index in [0.29, 0.717) is 18.4 Å². The van der Waals surface area contributed by atoms with Gasteiger partial charge in [-0.15, -0.1) is 0 Å². The Balaban J connectivity index is 1.05. The second-order valence-corrected chi connectivity index (χ2v) is 12.3. The van der Waals surface area contributed by atoms with E-state index in [4.69, 9.17) is 14.2 Å². The van der Waals surface area contributed by atoms with Crippen LogP contribution in [0.25, 0.3) is 11.8 Å². The van der Waals surface area contributed by atoms with Crippen molar-refractivity contribution < 1.29 is 14.2 Å². The van der Waals surface area contributed by atoms with Gasteiger partial charge in [0.05, 0.1) is 26.4 Å². The van der Waals surface area contributed by atoms with Gasteiger partial charge in [0, 0.05) is 34.5 Å². The highest BCUT2D eigenvalue weighted by Gasteiger charge is 2.28. The van der Waals surface area contributed by atoms with Gasteiger partial charge in [-0.25, -0.2) is 0 Å². The second-order valence-electron chi connectivity index (χ2n) is 9.89. The molecule has 0 aliphatic heterocycles. The van der Waals surface area contributed by atoms with Crippen LogP contribution < -0.4 is 0 Å². The number of thioether (sulfide) groups is 2. The average molecular weight is 563 g/mol. The smallest absolute Gasteiger partial charge is 0.119 e. The summed E-state index contributed by atoms with van der Waals surface area (Å²) < 4.78 is 17.9. The van der Waals surface area contributed by atoms with Gasteiger partial charge in [-0.3, -0.25) is 0 Å². The van der Waals surface area contributed by atoms with Gasteiger partial charge in [0.25, 0.3) is 0 Å². The molecule has 39 heavy (non-hydrogen) atoms. The third-order valence-corrected chi connectivity index (χ3v) is 8.88. The molecule has 0 heterocycles. The topological polar surface area (TPSA) is 27.7 Å². The Kier molecular flexibility index (Phi) is 12.7. The molecule has 0 fully saturated rings. The van der Waals surface area contributed by atoms with Crippen LogP contribution in [0, 0.1) is 11.8 Å². The molecule has 0 radical (unpaired) electrons. The van der Waals surface area contributed by atoms with Crippen molar-refractivity contribution in [3.05, 3.63) is 107 Å². The monoisotopic (exact) mass is 562 g/mol. The summed E-state index contributed by atoms with van der Waals surface area (Å²) in [6.07, 6.45) is 12.6. The molecule has 0 N–H and O–H groups in total.